The monoisotopic (exact) mass is 238 g/mol. The highest BCUT2D eigenvalue weighted by Gasteiger charge is 2.47. The second-order valence-electron chi connectivity index (χ2n) is 5.37. The Labute approximate surface area is 100 Å². The molecule has 2 heterocycles. The molecular weight excluding hydrogens is 220 g/mol. The number of ketones is 1. The van der Waals surface area contributed by atoms with Crippen LogP contribution in [0, 0.1) is 5.92 Å². The number of carbonyl (C=O) groups is 2. The number of hydrogen-bond acceptors (Lipinski definition) is 4. The first kappa shape index (κ1) is 11.2. The minimum atomic E-state index is -0.436. The Morgan fingerprint density at radius 1 is 1.47 bits per heavy atom. The average Bonchev–Trinajstić information content (AvgIpc) is 2.90. The fraction of sp³-hybridized carbons (Fsp3) is 0.833. The summed E-state index contributed by atoms with van der Waals surface area (Å²) in [4.78, 5) is 25.5. The van der Waals surface area contributed by atoms with Crippen molar-refractivity contribution in [2.75, 3.05) is 13.2 Å². The molecule has 94 valence electrons. The standard InChI is InChI=1S/C12H18N2O3/c13-8(5-7-1-2-7)12(16)14-4-3-10-11(14)9(15)6-17-10/h7-8,10-11H,1-6,13H2. The Hall–Kier alpha value is -0.940. The van der Waals surface area contributed by atoms with Gasteiger partial charge in [-0.05, 0) is 18.8 Å². The molecule has 5 heteroatoms. The van der Waals surface area contributed by atoms with E-state index in [0.717, 1.165) is 12.8 Å². The molecule has 0 spiro atoms. The zero-order valence-corrected chi connectivity index (χ0v) is 9.80. The molecule has 2 N–H and O–H groups in total. The van der Waals surface area contributed by atoms with Crippen molar-refractivity contribution in [3.05, 3.63) is 0 Å². The van der Waals surface area contributed by atoms with E-state index in [1.165, 1.54) is 12.8 Å². The van der Waals surface area contributed by atoms with Crippen LogP contribution in [-0.2, 0) is 14.3 Å². The highest BCUT2D eigenvalue weighted by atomic mass is 16.5. The Kier molecular flexibility index (Phi) is 2.67. The number of nitrogens with two attached hydrogens (primary N) is 1. The van der Waals surface area contributed by atoms with E-state index in [1.807, 2.05) is 0 Å². The number of Topliss-reactive ketones (excluding diaryl/α,β-unsaturated/α-hetero) is 1. The number of ether oxygens (including phenoxy) is 1. The van der Waals surface area contributed by atoms with Crippen molar-refractivity contribution in [1.29, 1.82) is 0 Å². The molecule has 3 aliphatic rings. The molecule has 1 saturated carbocycles. The molecule has 0 radical (unpaired) electrons. The van der Waals surface area contributed by atoms with Gasteiger partial charge in [0.2, 0.25) is 5.91 Å². The number of amides is 1. The van der Waals surface area contributed by atoms with E-state index in [0.29, 0.717) is 12.5 Å². The molecule has 0 aromatic rings. The van der Waals surface area contributed by atoms with Gasteiger partial charge in [-0.15, -0.1) is 0 Å². The van der Waals surface area contributed by atoms with E-state index in [9.17, 15) is 9.59 Å². The van der Waals surface area contributed by atoms with Gasteiger partial charge in [0, 0.05) is 6.54 Å². The third-order valence-corrected chi connectivity index (χ3v) is 4.00. The van der Waals surface area contributed by atoms with Crippen LogP contribution >= 0.6 is 0 Å². The van der Waals surface area contributed by atoms with Crippen LogP contribution in [0.2, 0.25) is 0 Å². The zero-order valence-electron chi connectivity index (χ0n) is 9.80. The van der Waals surface area contributed by atoms with E-state index in [4.69, 9.17) is 10.5 Å². The average molecular weight is 238 g/mol. The molecule has 1 amide bonds. The zero-order chi connectivity index (χ0) is 12.0. The maximum absolute atomic E-state index is 12.2. The van der Waals surface area contributed by atoms with E-state index < -0.39 is 6.04 Å². The topological polar surface area (TPSA) is 72.6 Å². The molecule has 0 aromatic heterocycles. The van der Waals surface area contributed by atoms with Gasteiger partial charge in [-0.1, -0.05) is 12.8 Å². The van der Waals surface area contributed by atoms with Crippen LogP contribution in [0.3, 0.4) is 0 Å². The van der Waals surface area contributed by atoms with E-state index >= 15 is 0 Å². The molecule has 0 bridgehead atoms. The molecule has 1 aliphatic carbocycles. The van der Waals surface area contributed by atoms with Gasteiger partial charge < -0.3 is 15.4 Å². The maximum atomic E-state index is 12.2. The summed E-state index contributed by atoms with van der Waals surface area (Å²) in [6.07, 6.45) is 3.82. The van der Waals surface area contributed by atoms with Crippen LogP contribution in [0.1, 0.15) is 25.7 Å². The number of carbonyl (C=O) groups excluding carboxylic acids is 2. The van der Waals surface area contributed by atoms with Crippen LogP contribution in [0.15, 0.2) is 0 Å². The van der Waals surface area contributed by atoms with E-state index in [1.54, 1.807) is 4.90 Å². The summed E-state index contributed by atoms with van der Waals surface area (Å²) in [5, 5.41) is 0. The van der Waals surface area contributed by atoms with Crippen molar-refractivity contribution in [3.63, 3.8) is 0 Å². The van der Waals surface area contributed by atoms with Gasteiger partial charge in [0.1, 0.15) is 12.6 Å². The quantitative estimate of drug-likeness (QED) is 0.731. The van der Waals surface area contributed by atoms with Gasteiger partial charge in [-0.2, -0.15) is 0 Å². The van der Waals surface area contributed by atoms with Crippen molar-refractivity contribution in [2.45, 2.75) is 43.9 Å². The third-order valence-electron chi connectivity index (χ3n) is 4.00. The molecule has 2 saturated heterocycles. The summed E-state index contributed by atoms with van der Waals surface area (Å²) in [6, 6.07) is -0.789. The molecule has 3 unspecified atom stereocenters. The molecule has 3 fully saturated rings. The van der Waals surface area contributed by atoms with Crippen LogP contribution in [0.5, 0.6) is 0 Å². The predicted octanol–water partition coefficient (Wildman–Crippen LogP) is -0.317. The summed E-state index contributed by atoms with van der Waals surface area (Å²) in [5.74, 6) is 0.589. The summed E-state index contributed by atoms with van der Waals surface area (Å²) < 4.78 is 5.36. The fourth-order valence-corrected chi connectivity index (χ4v) is 2.87. The summed E-state index contributed by atoms with van der Waals surface area (Å²) in [6.45, 7) is 0.759. The van der Waals surface area contributed by atoms with Gasteiger partial charge in [-0.3, -0.25) is 9.59 Å². The van der Waals surface area contributed by atoms with Crippen molar-refractivity contribution in [1.82, 2.24) is 4.90 Å². The SMILES string of the molecule is NC(CC1CC1)C(=O)N1CCC2OCC(=O)C21. The second-order valence-corrected chi connectivity index (χ2v) is 5.37. The van der Waals surface area contributed by atoms with Crippen molar-refractivity contribution < 1.29 is 14.3 Å². The minimum Gasteiger partial charge on any atom is -0.368 e. The first-order valence-corrected chi connectivity index (χ1v) is 6.37. The molecule has 0 aromatic carbocycles. The van der Waals surface area contributed by atoms with Crippen LogP contribution < -0.4 is 5.73 Å². The van der Waals surface area contributed by atoms with Gasteiger partial charge in [0.05, 0.1) is 12.1 Å². The Morgan fingerprint density at radius 2 is 2.24 bits per heavy atom. The number of fused-ring (bicyclic) bond motifs is 1. The van der Waals surface area contributed by atoms with E-state index in [-0.39, 0.29) is 30.4 Å². The molecule has 3 rings (SSSR count). The smallest absolute Gasteiger partial charge is 0.240 e. The third kappa shape index (κ3) is 1.98. The van der Waals surface area contributed by atoms with Crippen molar-refractivity contribution >= 4 is 11.7 Å². The number of hydrogen-bond donors (Lipinski definition) is 1. The molecule has 2 aliphatic heterocycles. The van der Waals surface area contributed by atoms with Crippen LogP contribution in [0.4, 0.5) is 0 Å². The minimum absolute atomic E-state index is 0.0273. The second kappa shape index (κ2) is 4.07. The molecule has 5 nitrogen and oxygen atoms in total. The Bertz CT molecular complexity index is 354. The van der Waals surface area contributed by atoms with Gasteiger partial charge in [0.15, 0.2) is 5.78 Å². The Balaban J connectivity index is 1.66. The normalized spacial score (nSPS) is 33.9. The Morgan fingerprint density at radius 3 is 2.94 bits per heavy atom. The van der Waals surface area contributed by atoms with Gasteiger partial charge >= 0.3 is 0 Å². The highest BCUT2D eigenvalue weighted by molar-refractivity contribution is 5.93. The first-order valence-electron chi connectivity index (χ1n) is 6.37. The van der Waals surface area contributed by atoms with Gasteiger partial charge in [-0.25, -0.2) is 0 Å². The van der Waals surface area contributed by atoms with E-state index in [2.05, 4.69) is 0 Å². The lowest BCUT2D eigenvalue weighted by Crippen LogP contribution is -2.49. The number of nitrogens with zero attached hydrogens (tertiary/aromatic N) is 1. The van der Waals surface area contributed by atoms with Crippen molar-refractivity contribution in [2.24, 2.45) is 11.7 Å². The van der Waals surface area contributed by atoms with Crippen molar-refractivity contribution in [3.8, 4) is 0 Å². The predicted molar refractivity (Wildman–Crippen MR) is 60.2 cm³/mol. The lowest BCUT2D eigenvalue weighted by Gasteiger charge is -2.25. The summed E-state index contributed by atoms with van der Waals surface area (Å²) in [5.41, 5.74) is 5.92. The number of rotatable bonds is 3. The largest absolute Gasteiger partial charge is 0.368 e. The lowest BCUT2D eigenvalue weighted by molar-refractivity contribution is -0.137. The summed E-state index contributed by atoms with van der Waals surface area (Å²) in [7, 11) is 0. The van der Waals surface area contributed by atoms with Gasteiger partial charge in [0.25, 0.3) is 0 Å². The summed E-state index contributed by atoms with van der Waals surface area (Å²) >= 11 is 0. The molecular formula is C12H18N2O3. The molecule has 17 heavy (non-hydrogen) atoms. The lowest BCUT2D eigenvalue weighted by atomic mass is 10.1. The maximum Gasteiger partial charge on any atom is 0.240 e. The fourth-order valence-electron chi connectivity index (χ4n) is 2.87. The number of likely N-dealkylation sites (tertiary alicyclic amines) is 1. The molecule has 3 atom stereocenters. The van der Waals surface area contributed by atoms with Crippen LogP contribution in [-0.4, -0.2) is 47.9 Å². The highest BCUT2D eigenvalue weighted by Crippen LogP contribution is 2.34. The van der Waals surface area contributed by atoms with Crippen LogP contribution in [0.25, 0.3) is 0 Å². The first-order chi connectivity index (χ1) is 8.16.